The van der Waals surface area contributed by atoms with Crippen LogP contribution in [0.2, 0.25) is 0 Å². The molecule has 0 aromatic carbocycles. The first-order valence-electron chi connectivity index (χ1n) is 5.64. The summed E-state index contributed by atoms with van der Waals surface area (Å²) in [5, 5.41) is 0. The molecule has 4 nitrogen and oxygen atoms in total. The molecule has 15 heavy (non-hydrogen) atoms. The minimum Gasteiger partial charge on any atom is -0.368 e. The Balaban J connectivity index is 2.29. The van der Waals surface area contributed by atoms with E-state index in [0.29, 0.717) is 11.9 Å². The summed E-state index contributed by atoms with van der Waals surface area (Å²) in [6, 6.07) is 2.08. The maximum Gasteiger partial charge on any atom is 0.222 e. The van der Waals surface area contributed by atoms with Gasteiger partial charge in [-0.15, -0.1) is 0 Å². The zero-order chi connectivity index (χ0) is 10.8. The van der Waals surface area contributed by atoms with Crippen molar-refractivity contribution in [3.8, 4) is 0 Å². The van der Waals surface area contributed by atoms with Gasteiger partial charge in [-0.1, -0.05) is 0 Å². The molecular weight excluding hydrogens is 188 g/mol. The highest BCUT2D eigenvalue weighted by Crippen LogP contribution is 2.39. The second-order valence-corrected chi connectivity index (χ2v) is 3.96. The van der Waals surface area contributed by atoms with Gasteiger partial charge in [-0.2, -0.15) is 4.98 Å². The van der Waals surface area contributed by atoms with Crippen LogP contribution < -0.4 is 10.6 Å². The third-order valence-corrected chi connectivity index (χ3v) is 2.83. The van der Waals surface area contributed by atoms with Crippen LogP contribution in [0.1, 0.15) is 38.3 Å². The van der Waals surface area contributed by atoms with Crippen LogP contribution in [0.15, 0.2) is 6.07 Å². The molecule has 2 rings (SSSR count). The van der Waals surface area contributed by atoms with Crippen molar-refractivity contribution in [1.29, 1.82) is 0 Å². The number of hydrogen-bond acceptors (Lipinski definition) is 4. The fourth-order valence-electron chi connectivity index (χ4n) is 1.77. The lowest BCUT2D eigenvalue weighted by molar-refractivity contribution is 0.836. The average molecular weight is 206 g/mol. The van der Waals surface area contributed by atoms with Gasteiger partial charge in [0.25, 0.3) is 0 Å². The van der Waals surface area contributed by atoms with Crippen LogP contribution in [-0.4, -0.2) is 23.1 Å². The van der Waals surface area contributed by atoms with E-state index < -0.39 is 0 Å². The van der Waals surface area contributed by atoms with Crippen molar-refractivity contribution in [1.82, 2.24) is 9.97 Å². The predicted molar refractivity (Wildman–Crippen MR) is 62.0 cm³/mol. The average Bonchev–Trinajstić information content (AvgIpc) is 3.02. The molecule has 0 aliphatic heterocycles. The summed E-state index contributed by atoms with van der Waals surface area (Å²) < 4.78 is 0. The normalized spacial score (nSPS) is 15.3. The summed E-state index contributed by atoms with van der Waals surface area (Å²) in [6.07, 6.45) is 2.49. The van der Waals surface area contributed by atoms with Crippen LogP contribution in [0.5, 0.6) is 0 Å². The Labute approximate surface area is 90.5 Å². The van der Waals surface area contributed by atoms with E-state index in [1.807, 2.05) is 0 Å². The van der Waals surface area contributed by atoms with Crippen LogP contribution >= 0.6 is 0 Å². The van der Waals surface area contributed by atoms with Gasteiger partial charge in [-0.25, -0.2) is 4.98 Å². The summed E-state index contributed by atoms with van der Waals surface area (Å²) >= 11 is 0. The van der Waals surface area contributed by atoms with E-state index in [1.54, 1.807) is 0 Å². The van der Waals surface area contributed by atoms with Gasteiger partial charge >= 0.3 is 0 Å². The lowest BCUT2D eigenvalue weighted by Crippen LogP contribution is -2.23. The zero-order valence-corrected chi connectivity index (χ0v) is 9.40. The van der Waals surface area contributed by atoms with Gasteiger partial charge in [0.15, 0.2) is 0 Å². The number of aromatic nitrogens is 2. The van der Waals surface area contributed by atoms with Gasteiger partial charge in [0.1, 0.15) is 5.82 Å². The van der Waals surface area contributed by atoms with Crippen LogP contribution in [0.3, 0.4) is 0 Å². The van der Waals surface area contributed by atoms with Crippen molar-refractivity contribution in [2.24, 2.45) is 0 Å². The first-order chi connectivity index (χ1) is 7.24. The molecule has 1 aliphatic carbocycles. The molecule has 1 aliphatic rings. The Bertz CT molecular complexity index is 342. The minimum absolute atomic E-state index is 0.404. The molecule has 0 saturated heterocycles. The molecule has 0 unspecified atom stereocenters. The molecular formula is C11H18N4. The Morgan fingerprint density at radius 2 is 2.00 bits per heavy atom. The van der Waals surface area contributed by atoms with Gasteiger partial charge in [0, 0.05) is 25.1 Å². The Kier molecular flexibility index (Phi) is 2.75. The summed E-state index contributed by atoms with van der Waals surface area (Å²) in [5.74, 6) is 2.00. The Morgan fingerprint density at radius 3 is 2.53 bits per heavy atom. The summed E-state index contributed by atoms with van der Waals surface area (Å²) in [6.45, 7) is 6.16. The maximum absolute atomic E-state index is 5.72. The SMILES string of the molecule is CCN(CC)c1cc(C2CC2)nc(N)n1. The summed E-state index contributed by atoms with van der Waals surface area (Å²) in [4.78, 5) is 10.8. The quantitative estimate of drug-likeness (QED) is 0.816. The second kappa shape index (κ2) is 4.04. The third-order valence-electron chi connectivity index (χ3n) is 2.83. The highest BCUT2D eigenvalue weighted by Gasteiger charge is 2.26. The van der Waals surface area contributed by atoms with E-state index in [4.69, 9.17) is 5.73 Å². The van der Waals surface area contributed by atoms with Crippen molar-refractivity contribution in [3.05, 3.63) is 11.8 Å². The molecule has 0 amide bonds. The number of hydrogen-bond donors (Lipinski definition) is 1. The number of rotatable bonds is 4. The Hall–Kier alpha value is -1.32. The van der Waals surface area contributed by atoms with Crippen LogP contribution in [-0.2, 0) is 0 Å². The largest absolute Gasteiger partial charge is 0.368 e. The van der Waals surface area contributed by atoms with Gasteiger partial charge in [0.05, 0.1) is 5.69 Å². The lowest BCUT2D eigenvalue weighted by atomic mass is 10.2. The van der Waals surface area contributed by atoms with E-state index in [9.17, 15) is 0 Å². The summed E-state index contributed by atoms with van der Waals surface area (Å²) in [5.41, 5.74) is 6.84. The molecule has 1 fully saturated rings. The third kappa shape index (κ3) is 2.19. The van der Waals surface area contributed by atoms with Crippen LogP contribution in [0, 0.1) is 0 Å². The van der Waals surface area contributed by atoms with Crippen LogP contribution in [0.25, 0.3) is 0 Å². The van der Waals surface area contributed by atoms with Gasteiger partial charge in [0.2, 0.25) is 5.95 Å². The number of anilines is 2. The standard InChI is InChI=1S/C11H18N4/c1-3-15(4-2)10-7-9(8-5-6-8)13-11(12)14-10/h7-8H,3-6H2,1-2H3,(H2,12,13,14). The van der Waals surface area contributed by atoms with Crippen LogP contribution in [0.4, 0.5) is 11.8 Å². The van der Waals surface area contributed by atoms with Crippen molar-refractivity contribution in [3.63, 3.8) is 0 Å². The first-order valence-corrected chi connectivity index (χ1v) is 5.64. The van der Waals surface area contributed by atoms with Crippen molar-refractivity contribution < 1.29 is 0 Å². The highest BCUT2D eigenvalue weighted by molar-refractivity contribution is 5.44. The molecule has 1 heterocycles. The van der Waals surface area contributed by atoms with E-state index in [-0.39, 0.29) is 0 Å². The minimum atomic E-state index is 0.404. The molecule has 4 heteroatoms. The fourth-order valence-corrected chi connectivity index (χ4v) is 1.77. The van der Waals surface area contributed by atoms with Gasteiger partial charge in [-0.3, -0.25) is 0 Å². The zero-order valence-electron chi connectivity index (χ0n) is 9.40. The van der Waals surface area contributed by atoms with Crippen molar-refractivity contribution in [2.75, 3.05) is 23.7 Å². The fraction of sp³-hybridized carbons (Fsp3) is 0.636. The van der Waals surface area contributed by atoms with Crippen molar-refractivity contribution >= 4 is 11.8 Å². The maximum atomic E-state index is 5.72. The topological polar surface area (TPSA) is 55.0 Å². The molecule has 2 N–H and O–H groups in total. The number of nitrogens with two attached hydrogens (primary N) is 1. The number of nitrogens with zero attached hydrogens (tertiary/aromatic N) is 3. The predicted octanol–water partition coefficient (Wildman–Crippen LogP) is 1.78. The second-order valence-electron chi connectivity index (χ2n) is 3.96. The monoisotopic (exact) mass is 206 g/mol. The summed E-state index contributed by atoms with van der Waals surface area (Å²) in [7, 11) is 0. The van der Waals surface area contributed by atoms with Crippen molar-refractivity contribution in [2.45, 2.75) is 32.6 Å². The first kappa shape index (κ1) is 10.2. The molecule has 0 radical (unpaired) electrons. The highest BCUT2D eigenvalue weighted by atomic mass is 15.2. The molecule has 1 aromatic rings. The Morgan fingerprint density at radius 1 is 1.33 bits per heavy atom. The molecule has 82 valence electrons. The smallest absolute Gasteiger partial charge is 0.222 e. The molecule has 0 spiro atoms. The number of nitrogen functional groups attached to an aromatic ring is 1. The van der Waals surface area contributed by atoms with Gasteiger partial charge in [-0.05, 0) is 26.7 Å². The molecule has 1 saturated carbocycles. The molecule has 0 atom stereocenters. The molecule has 0 bridgehead atoms. The van der Waals surface area contributed by atoms with E-state index >= 15 is 0 Å². The van der Waals surface area contributed by atoms with E-state index in [0.717, 1.165) is 24.6 Å². The van der Waals surface area contributed by atoms with Gasteiger partial charge < -0.3 is 10.6 Å². The van der Waals surface area contributed by atoms with E-state index in [2.05, 4.69) is 34.8 Å². The lowest BCUT2D eigenvalue weighted by Gasteiger charge is -2.20. The van der Waals surface area contributed by atoms with E-state index in [1.165, 1.54) is 12.8 Å². The molecule has 1 aromatic heterocycles.